The van der Waals surface area contributed by atoms with Crippen LogP contribution in [0, 0.1) is 18.3 Å². The summed E-state index contributed by atoms with van der Waals surface area (Å²) in [6, 6.07) is 23.7. The van der Waals surface area contributed by atoms with Gasteiger partial charge in [0, 0.05) is 17.7 Å². The number of hydrogen-bond donors (Lipinski definition) is 0. The van der Waals surface area contributed by atoms with Gasteiger partial charge >= 0.3 is 0 Å². The molecule has 0 N–H and O–H groups in total. The van der Waals surface area contributed by atoms with E-state index in [9.17, 15) is 0 Å². The maximum absolute atomic E-state index is 6.32. The van der Waals surface area contributed by atoms with E-state index in [1.165, 1.54) is 45.9 Å². The number of fused-ring (bicyclic) bond motifs is 2. The van der Waals surface area contributed by atoms with Crippen molar-refractivity contribution in [2.24, 2.45) is 10.9 Å². The molecule has 216 valence electrons. The van der Waals surface area contributed by atoms with Crippen LogP contribution in [-0.2, 0) is 17.1 Å². The Morgan fingerprint density at radius 2 is 1.81 bits per heavy atom. The quantitative estimate of drug-likeness (QED) is 0.0781. The van der Waals surface area contributed by atoms with Crippen molar-refractivity contribution in [2.75, 3.05) is 0 Å². The first-order valence-electron chi connectivity index (χ1n) is 15.1. The van der Waals surface area contributed by atoms with Crippen molar-refractivity contribution >= 4 is 27.6 Å². The molecule has 0 amide bonds. The lowest BCUT2D eigenvalue weighted by molar-refractivity contribution is 0.203. The molecule has 0 saturated carbocycles. The second-order valence-electron chi connectivity index (χ2n) is 10.8. The molecule has 0 heterocycles. The van der Waals surface area contributed by atoms with Crippen LogP contribution >= 0.6 is 11.8 Å². The average molecular weight is 582 g/mol. The second-order valence-corrected chi connectivity index (χ2v) is 11.8. The lowest BCUT2D eigenvalue weighted by Gasteiger charge is -2.26. The molecular weight excluding hydrogens is 543 g/mol. The Kier molecular flexibility index (Phi) is 10.7. The van der Waals surface area contributed by atoms with Crippen LogP contribution in [0.2, 0.25) is 0 Å². The van der Waals surface area contributed by atoms with Gasteiger partial charge in [-0.05, 0) is 90.3 Å². The molecule has 1 atom stereocenters. The van der Waals surface area contributed by atoms with E-state index in [-0.39, 0.29) is 0 Å². The molecule has 0 bridgehead atoms. The first kappa shape index (κ1) is 30.2. The van der Waals surface area contributed by atoms with E-state index in [2.05, 4.69) is 110 Å². The third kappa shape index (κ3) is 8.19. The third-order valence-electron chi connectivity index (χ3n) is 7.83. The summed E-state index contributed by atoms with van der Waals surface area (Å²) in [6.07, 6.45) is 26.6. The SMILES string of the molecule is C#CC/C=C\C(=C/C)N=C(SCc1ccc(COC(=CC)C2=CC=C3C=CCCC3C2)cc1)c1ccc2ccccc2c1. The third-order valence-corrected chi connectivity index (χ3v) is 8.90. The number of aliphatic imine (C=N–C) groups is 1. The van der Waals surface area contributed by atoms with Crippen molar-refractivity contribution in [2.45, 2.75) is 51.9 Å². The predicted molar refractivity (Wildman–Crippen MR) is 186 cm³/mol. The maximum Gasteiger partial charge on any atom is 0.118 e. The molecule has 0 saturated heterocycles. The van der Waals surface area contributed by atoms with Crippen LogP contribution in [0.5, 0.6) is 0 Å². The number of thioether (sulfide) groups is 1. The molecule has 2 aliphatic carbocycles. The Labute approximate surface area is 261 Å². The first-order valence-corrected chi connectivity index (χ1v) is 16.1. The number of rotatable bonds is 10. The summed E-state index contributed by atoms with van der Waals surface area (Å²) in [7, 11) is 0. The van der Waals surface area contributed by atoms with E-state index in [1.54, 1.807) is 11.8 Å². The van der Waals surface area contributed by atoms with Crippen LogP contribution in [0.15, 0.2) is 143 Å². The van der Waals surface area contributed by atoms with E-state index in [0.717, 1.165) is 34.2 Å². The molecular formula is C40H39NOS. The van der Waals surface area contributed by atoms with Crippen molar-refractivity contribution in [3.63, 3.8) is 0 Å². The summed E-state index contributed by atoms with van der Waals surface area (Å²) >= 11 is 1.75. The van der Waals surface area contributed by atoms with Gasteiger partial charge in [0.05, 0.1) is 5.70 Å². The summed E-state index contributed by atoms with van der Waals surface area (Å²) < 4.78 is 6.32. The minimum absolute atomic E-state index is 0.560. The molecule has 0 spiro atoms. The zero-order valence-corrected chi connectivity index (χ0v) is 25.9. The van der Waals surface area contributed by atoms with E-state index in [1.807, 2.05) is 25.2 Å². The second kappa shape index (κ2) is 15.3. The van der Waals surface area contributed by atoms with Crippen LogP contribution in [-0.4, -0.2) is 5.04 Å². The van der Waals surface area contributed by atoms with Gasteiger partial charge in [-0.2, -0.15) is 0 Å². The number of terminal acetylenes is 1. The van der Waals surface area contributed by atoms with Gasteiger partial charge in [0.15, 0.2) is 0 Å². The van der Waals surface area contributed by atoms with Gasteiger partial charge in [0.25, 0.3) is 0 Å². The summed E-state index contributed by atoms with van der Waals surface area (Å²) in [6.45, 7) is 4.63. The highest BCUT2D eigenvalue weighted by atomic mass is 32.2. The normalized spacial score (nSPS) is 17.4. The van der Waals surface area contributed by atoms with Crippen LogP contribution in [0.4, 0.5) is 0 Å². The fraction of sp³-hybridized carbons (Fsp3) is 0.225. The van der Waals surface area contributed by atoms with Crippen molar-refractivity contribution in [3.8, 4) is 12.3 Å². The van der Waals surface area contributed by atoms with Crippen molar-refractivity contribution in [1.82, 2.24) is 0 Å². The molecule has 0 aromatic heterocycles. The average Bonchev–Trinajstić information content (AvgIpc) is 3.06. The minimum Gasteiger partial charge on any atom is -0.489 e. The zero-order chi connectivity index (χ0) is 29.9. The van der Waals surface area contributed by atoms with Crippen molar-refractivity contribution < 1.29 is 4.74 Å². The number of nitrogens with zero attached hydrogens (tertiary/aromatic N) is 1. The Hall–Kier alpha value is -4.26. The van der Waals surface area contributed by atoms with Gasteiger partial charge in [-0.1, -0.05) is 97.1 Å². The molecule has 5 rings (SSSR count). The zero-order valence-electron chi connectivity index (χ0n) is 25.1. The summed E-state index contributed by atoms with van der Waals surface area (Å²) in [4.78, 5) is 5.05. The molecule has 2 aliphatic rings. The van der Waals surface area contributed by atoms with Gasteiger partial charge in [-0.25, -0.2) is 4.99 Å². The molecule has 0 aliphatic heterocycles. The highest BCUT2D eigenvalue weighted by Gasteiger charge is 2.21. The van der Waals surface area contributed by atoms with Gasteiger partial charge in [0.2, 0.25) is 0 Å². The topological polar surface area (TPSA) is 21.6 Å². The number of benzene rings is 3. The Bertz CT molecular complexity index is 1690. The molecule has 3 aromatic rings. The lowest BCUT2D eigenvalue weighted by Crippen LogP contribution is -2.12. The predicted octanol–water partition coefficient (Wildman–Crippen LogP) is 10.6. The molecule has 2 nitrogen and oxygen atoms in total. The smallest absolute Gasteiger partial charge is 0.118 e. The molecule has 0 fully saturated rings. The fourth-order valence-electron chi connectivity index (χ4n) is 5.42. The highest BCUT2D eigenvalue weighted by Crippen LogP contribution is 2.36. The Morgan fingerprint density at radius 3 is 2.60 bits per heavy atom. The van der Waals surface area contributed by atoms with E-state index >= 15 is 0 Å². The van der Waals surface area contributed by atoms with Gasteiger partial charge in [-0.15, -0.1) is 24.1 Å². The Morgan fingerprint density at radius 1 is 1.00 bits per heavy atom. The van der Waals surface area contributed by atoms with Crippen LogP contribution < -0.4 is 0 Å². The molecule has 1 unspecified atom stereocenters. The minimum atomic E-state index is 0.560. The molecule has 3 aromatic carbocycles. The summed E-state index contributed by atoms with van der Waals surface area (Å²) in [5.74, 6) is 5.09. The van der Waals surface area contributed by atoms with Gasteiger partial charge in [-0.3, -0.25) is 0 Å². The van der Waals surface area contributed by atoms with Crippen molar-refractivity contribution in [3.05, 3.63) is 155 Å². The summed E-state index contributed by atoms with van der Waals surface area (Å²) in [5, 5.41) is 3.42. The van der Waals surface area contributed by atoms with E-state index in [0.29, 0.717) is 18.9 Å². The van der Waals surface area contributed by atoms with Crippen LogP contribution in [0.1, 0.15) is 56.2 Å². The number of hydrogen-bond acceptors (Lipinski definition) is 3. The number of ether oxygens (including phenoxy) is 1. The first-order chi connectivity index (χ1) is 21.2. The monoisotopic (exact) mass is 581 g/mol. The Balaban J connectivity index is 1.25. The highest BCUT2D eigenvalue weighted by molar-refractivity contribution is 8.13. The molecule has 0 radical (unpaired) electrons. The van der Waals surface area contributed by atoms with Crippen LogP contribution in [0.25, 0.3) is 10.8 Å². The maximum atomic E-state index is 6.32. The fourth-order valence-corrected chi connectivity index (χ4v) is 6.38. The number of allylic oxidation sites excluding steroid dienone is 10. The van der Waals surface area contributed by atoms with Crippen LogP contribution in [0.3, 0.4) is 0 Å². The molecule has 3 heteroatoms. The van der Waals surface area contributed by atoms with Gasteiger partial charge in [0.1, 0.15) is 17.4 Å². The largest absolute Gasteiger partial charge is 0.489 e. The van der Waals surface area contributed by atoms with Crippen molar-refractivity contribution in [1.29, 1.82) is 0 Å². The van der Waals surface area contributed by atoms with Gasteiger partial charge < -0.3 is 4.74 Å². The lowest BCUT2D eigenvalue weighted by atomic mass is 9.80. The molecule has 43 heavy (non-hydrogen) atoms. The van der Waals surface area contributed by atoms with E-state index in [4.69, 9.17) is 16.2 Å². The summed E-state index contributed by atoms with van der Waals surface area (Å²) in [5.41, 5.74) is 7.18. The standard InChI is InChI=1S/C40H39NOS/c1-4-7-8-17-38(5-2)41-40(37-25-23-33-14-10-12-16-35(33)27-37)43-29-31-20-18-30(19-21-31)28-42-39(6-3)36-24-22-32-13-9-11-15-34(32)26-36/h1,5-6,8-10,12-14,16-25,27,34H,7,11,15,26,28-29H2,2-3H3/b17-8-,38-5+,39-6?,41-40?. The van der Waals surface area contributed by atoms with E-state index < -0.39 is 0 Å².